The van der Waals surface area contributed by atoms with E-state index in [4.69, 9.17) is 10.5 Å². The number of nitrogens with zero attached hydrogens (tertiary/aromatic N) is 4. The molecule has 0 unspecified atom stereocenters. The summed E-state index contributed by atoms with van der Waals surface area (Å²) >= 11 is 0. The van der Waals surface area contributed by atoms with Crippen molar-refractivity contribution in [3.05, 3.63) is 83.7 Å². The number of nitrogen functional groups attached to an aromatic ring is 1. The summed E-state index contributed by atoms with van der Waals surface area (Å²) in [7, 11) is 0. The van der Waals surface area contributed by atoms with Gasteiger partial charge in [-0.2, -0.15) is 18.2 Å². The molecule has 2 aromatic carbocycles. The Bertz CT molecular complexity index is 1420. The van der Waals surface area contributed by atoms with Gasteiger partial charge in [0.05, 0.1) is 17.9 Å². The number of ether oxygens (including phenoxy) is 1. The summed E-state index contributed by atoms with van der Waals surface area (Å²) in [6, 6.07) is 20.0. The molecule has 0 spiro atoms. The number of hydrogen-bond acceptors (Lipinski definition) is 7. The van der Waals surface area contributed by atoms with Gasteiger partial charge in [0.25, 0.3) is 0 Å². The monoisotopic (exact) mass is 534 g/mol. The lowest BCUT2D eigenvalue weighted by molar-refractivity contribution is -0.141. The van der Waals surface area contributed by atoms with E-state index in [9.17, 15) is 13.2 Å². The van der Waals surface area contributed by atoms with E-state index >= 15 is 0 Å². The molecule has 0 saturated carbocycles. The fourth-order valence-electron chi connectivity index (χ4n) is 4.65. The smallest absolute Gasteiger partial charge is 0.433 e. The van der Waals surface area contributed by atoms with Crippen LogP contribution in [0.3, 0.4) is 0 Å². The first-order valence-corrected chi connectivity index (χ1v) is 12.7. The number of nitrogens with one attached hydrogen (secondary N) is 1. The van der Waals surface area contributed by atoms with Crippen molar-refractivity contribution < 1.29 is 17.9 Å². The van der Waals surface area contributed by atoms with Crippen molar-refractivity contribution >= 4 is 11.6 Å². The summed E-state index contributed by atoms with van der Waals surface area (Å²) in [6.45, 7) is 5.63. The summed E-state index contributed by atoms with van der Waals surface area (Å²) in [6.07, 6.45) is -4.03. The Balaban J connectivity index is 1.45. The molecular weight excluding hydrogens is 505 g/mol. The minimum absolute atomic E-state index is 0.0326. The SMILES string of the molecule is Cc1cc(-c2c(OCCc3ccc(N4CCNCC4)cc3)nc(N)nc2-c2ccccc2)cc(C(F)(F)F)n1. The predicted octanol–water partition coefficient (Wildman–Crippen LogP) is 5.15. The van der Waals surface area contributed by atoms with Crippen LogP contribution in [0, 0.1) is 6.92 Å². The van der Waals surface area contributed by atoms with Gasteiger partial charge in [-0.15, -0.1) is 0 Å². The molecule has 4 aromatic rings. The van der Waals surface area contributed by atoms with Crippen LogP contribution >= 0.6 is 0 Å². The van der Waals surface area contributed by atoms with Gasteiger partial charge in [-0.25, -0.2) is 9.97 Å². The molecule has 1 aliphatic heterocycles. The minimum Gasteiger partial charge on any atom is -0.477 e. The number of pyridine rings is 1. The van der Waals surface area contributed by atoms with Crippen LogP contribution in [0.1, 0.15) is 17.0 Å². The summed E-state index contributed by atoms with van der Waals surface area (Å²) < 4.78 is 47.0. The Kier molecular flexibility index (Phi) is 7.65. The molecule has 39 heavy (non-hydrogen) atoms. The van der Waals surface area contributed by atoms with Gasteiger partial charge in [0.15, 0.2) is 0 Å². The molecule has 0 amide bonds. The van der Waals surface area contributed by atoms with Crippen LogP contribution in [-0.4, -0.2) is 47.7 Å². The highest BCUT2D eigenvalue weighted by Crippen LogP contribution is 2.40. The molecule has 7 nitrogen and oxygen atoms in total. The van der Waals surface area contributed by atoms with E-state index < -0.39 is 11.9 Å². The van der Waals surface area contributed by atoms with Gasteiger partial charge < -0.3 is 20.7 Å². The zero-order valence-electron chi connectivity index (χ0n) is 21.5. The van der Waals surface area contributed by atoms with Crippen molar-refractivity contribution in [1.29, 1.82) is 0 Å². The van der Waals surface area contributed by atoms with Crippen molar-refractivity contribution in [3.63, 3.8) is 0 Å². The average molecular weight is 535 g/mol. The lowest BCUT2D eigenvalue weighted by Gasteiger charge is -2.29. The van der Waals surface area contributed by atoms with Gasteiger partial charge in [-0.3, -0.25) is 0 Å². The highest BCUT2D eigenvalue weighted by Gasteiger charge is 2.34. The number of hydrogen-bond donors (Lipinski definition) is 2. The molecule has 0 radical (unpaired) electrons. The van der Waals surface area contributed by atoms with Gasteiger partial charge in [-0.1, -0.05) is 42.5 Å². The molecule has 1 aliphatic rings. The van der Waals surface area contributed by atoms with Crippen LogP contribution in [0.25, 0.3) is 22.4 Å². The van der Waals surface area contributed by atoms with E-state index in [0.717, 1.165) is 37.8 Å². The standard InChI is InChI=1S/C29H29F3N6O/c1-19-17-22(18-24(35-19)29(30,31)32)25-26(21-5-3-2-4-6-21)36-28(33)37-27(25)39-16-11-20-7-9-23(10-8-20)38-14-12-34-13-15-38/h2-10,17-18,34H,11-16H2,1H3,(H2,33,36,37). The summed E-state index contributed by atoms with van der Waals surface area (Å²) in [5.74, 6) is 0.0901. The molecule has 2 aromatic heterocycles. The number of alkyl halides is 3. The van der Waals surface area contributed by atoms with Crippen LogP contribution in [0.5, 0.6) is 5.88 Å². The average Bonchev–Trinajstić information content (AvgIpc) is 2.93. The number of aryl methyl sites for hydroxylation is 1. The number of piperazine rings is 1. The van der Waals surface area contributed by atoms with Gasteiger partial charge >= 0.3 is 6.18 Å². The minimum atomic E-state index is -4.61. The van der Waals surface area contributed by atoms with Crippen LogP contribution in [-0.2, 0) is 12.6 Å². The first-order chi connectivity index (χ1) is 18.8. The molecule has 1 saturated heterocycles. The highest BCUT2D eigenvalue weighted by molar-refractivity contribution is 5.85. The molecule has 10 heteroatoms. The number of aromatic nitrogens is 3. The van der Waals surface area contributed by atoms with Crippen LogP contribution in [0.2, 0.25) is 0 Å². The van der Waals surface area contributed by atoms with E-state index in [2.05, 4.69) is 49.4 Å². The fourth-order valence-corrected chi connectivity index (χ4v) is 4.65. The quantitative estimate of drug-likeness (QED) is 0.339. The Hall–Kier alpha value is -4.18. The summed E-state index contributed by atoms with van der Waals surface area (Å²) in [4.78, 5) is 14.7. The highest BCUT2D eigenvalue weighted by atomic mass is 19.4. The zero-order chi connectivity index (χ0) is 27.4. The number of halogens is 3. The molecule has 0 bridgehead atoms. The molecule has 3 N–H and O–H groups in total. The van der Waals surface area contributed by atoms with E-state index in [1.54, 1.807) is 6.07 Å². The lowest BCUT2D eigenvalue weighted by atomic mass is 9.99. The largest absolute Gasteiger partial charge is 0.477 e. The third-order valence-electron chi connectivity index (χ3n) is 6.52. The first kappa shape index (κ1) is 26.4. The summed E-state index contributed by atoms with van der Waals surface area (Å²) in [5, 5.41) is 3.35. The number of benzene rings is 2. The third kappa shape index (κ3) is 6.28. The molecular formula is C29H29F3N6O. The van der Waals surface area contributed by atoms with E-state index in [0.29, 0.717) is 23.2 Å². The molecule has 202 valence electrons. The lowest BCUT2D eigenvalue weighted by Crippen LogP contribution is -2.43. The second kappa shape index (κ2) is 11.3. The normalized spacial score (nSPS) is 13.9. The van der Waals surface area contributed by atoms with E-state index in [1.165, 1.54) is 12.6 Å². The second-order valence-electron chi connectivity index (χ2n) is 9.36. The third-order valence-corrected chi connectivity index (χ3v) is 6.52. The maximum absolute atomic E-state index is 13.6. The van der Waals surface area contributed by atoms with Crippen molar-refractivity contribution in [2.75, 3.05) is 43.4 Å². The van der Waals surface area contributed by atoms with Gasteiger partial charge in [0, 0.05) is 49.5 Å². The Morgan fingerprint density at radius 2 is 1.64 bits per heavy atom. The maximum Gasteiger partial charge on any atom is 0.433 e. The first-order valence-electron chi connectivity index (χ1n) is 12.7. The van der Waals surface area contributed by atoms with Crippen LogP contribution in [0.4, 0.5) is 24.8 Å². The summed E-state index contributed by atoms with van der Waals surface area (Å²) in [5.41, 5.74) is 9.15. The Labute approximate surface area is 224 Å². The molecule has 3 heterocycles. The van der Waals surface area contributed by atoms with E-state index in [-0.39, 0.29) is 29.7 Å². The zero-order valence-corrected chi connectivity index (χ0v) is 21.5. The topological polar surface area (TPSA) is 89.2 Å². The maximum atomic E-state index is 13.6. The van der Waals surface area contributed by atoms with E-state index in [1.807, 2.05) is 30.3 Å². The van der Waals surface area contributed by atoms with Crippen molar-refractivity contribution in [2.45, 2.75) is 19.5 Å². The van der Waals surface area contributed by atoms with Crippen LogP contribution < -0.4 is 20.7 Å². The second-order valence-corrected chi connectivity index (χ2v) is 9.36. The Morgan fingerprint density at radius 3 is 2.33 bits per heavy atom. The Morgan fingerprint density at radius 1 is 0.923 bits per heavy atom. The fraction of sp³-hybridized carbons (Fsp3) is 0.276. The molecule has 1 fully saturated rings. The van der Waals surface area contributed by atoms with Crippen molar-refractivity contribution in [2.24, 2.45) is 0 Å². The number of rotatable bonds is 7. The molecule has 0 aliphatic carbocycles. The van der Waals surface area contributed by atoms with Gasteiger partial charge in [0.1, 0.15) is 5.69 Å². The van der Waals surface area contributed by atoms with Crippen molar-refractivity contribution in [3.8, 4) is 28.3 Å². The van der Waals surface area contributed by atoms with Crippen molar-refractivity contribution in [1.82, 2.24) is 20.3 Å². The van der Waals surface area contributed by atoms with Gasteiger partial charge in [0.2, 0.25) is 11.8 Å². The number of anilines is 2. The predicted molar refractivity (Wildman–Crippen MR) is 146 cm³/mol. The molecule has 5 rings (SSSR count). The van der Waals surface area contributed by atoms with Gasteiger partial charge in [-0.05, 0) is 42.3 Å². The number of nitrogens with two attached hydrogens (primary N) is 1. The van der Waals surface area contributed by atoms with Crippen LogP contribution in [0.15, 0.2) is 66.7 Å². The molecule has 0 atom stereocenters.